The van der Waals surface area contributed by atoms with Gasteiger partial charge in [0.05, 0.1) is 0 Å². The Kier molecular flexibility index (Phi) is 4.19. The molecule has 0 bridgehead atoms. The molecule has 0 aromatic carbocycles. The molecule has 0 spiro atoms. The summed E-state index contributed by atoms with van der Waals surface area (Å²) in [5.74, 6) is 1.35. The first kappa shape index (κ1) is 16.4. The lowest BCUT2D eigenvalue weighted by Gasteiger charge is -2.24. The Hall–Kier alpha value is -1.46. The van der Waals surface area contributed by atoms with Crippen LogP contribution < -0.4 is 0 Å². The number of sulfonamides is 1. The molecule has 3 heterocycles. The fourth-order valence-electron chi connectivity index (χ4n) is 2.10. The number of hydrogen-bond donors (Lipinski definition) is 1. The van der Waals surface area contributed by atoms with E-state index >= 15 is 0 Å². The van der Waals surface area contributed by atoms with Gasteiger partial charge < -0.3 is 4.42 Å². The van der Waals surface area contributed by atoms with Crippen LogP contribution in [0.4, 0.5) is 13.2 Å². The maximum Gasteiger partial charge on any atom is 0.432 e. The molecule has 6 nitrogen and oxygen atoms in total. The number of H-pyrrole nitrogens is 1. The normalized spacial score (nSPS) is 17.5. The molecule has 0 aliphatic carbocycles. The number of aromatic nitrogens is 2. The molecule has 126 valence electrons. The van der Waals surface area contributed by atoms with Crippen molar-refractivity contribution in [1.29, 1.82) is 0 Å². The average molecular weight is 367 g/mol. The number of aromatic amines is 1. The van der Waals surface area contributed by atoms with E-state index in [1.807, 2.05) is 5.10 Å². The van der Waals surface area contributed by atoms with Crippen LogP contribution in [0.25, 0.3) is 11.5 Å². The third kappa shape index (κ3) is 3.26. The molecule has 2 aromatic rings. The summed E-state index contributed by atoms with van der Waals surface area (Å²) in [7, 11) is -3.78. The highest BCUT2D eigenvalue weighted by Crippen LogP contribution is 2.32. The fourth-order valence-corrected chi connectivity index (χ4v) is 4.59. The number of halogens is 3. The predicted octanol–water partition coefficient (Wildman–Crippen LogP) is 2.43. The molecule has 23 heavy (non-hydrogen) atoms. The minimum Gasteiger partial charge on any atom is -0.442 e. The predicted molar refractivity (Wildman–Crippen MR) is 77.4 cm³/mol. The van der Waals surface area contributed by atoms with Gasteiger partial charge in [0.25, 0.3) is 10.0 Å². The second kappa shape index (κ2) is 5.87. The molecule has 0 unspecified atom stereocenters. The first-order valence-electron chi connectivity index (χ1n) is 6.59. The Morgan fingerprint density at radius 2 is 1.96 bits per heavy atom. The minimum atomic E-state index is -4.56. The van der Waals surface area contributed by atoms with E-state index in [0.717, 1.165) is 6.07 Å². The molecule has 0 atom stereocenters. The van der Waals surface area contributed by atoms with E-state index in [9.17, 15) is 21.6 Å². The van der Waals surface area contributed by atoms with E-state index < -0.39 is 21.9 Å². The first-order valence-corrected chi connectivity index (χ1v) is 9.19. The number of nitrogens with one attached hydrogen (secondary N) is 1. The maximum atomic E-state index is 12.5. The first-order chi connectivity index (χ1) is 10.8. The Morgan fingerprint density at radius 1 is 1.26 bits per heavy atom. The summed E-state index contributed by atoms with van der Waals surface area (Å²) in [6.07, 6.45) is -4.56. The van der Waals surface area contributed by atoms with Crippen molar-refractivity contribution in [2.45, 2.75) is 11.3 Å². The van der Waals surface area contributed by atoms with Crippen LogP contribution in [0.5, 0.6) is 0 Å². The second-order valence-corrected chi connectivity index (χ2v) is 7.89. The van der Waals surface area contributed by atoms with Gasteiger partial charge in [0.2, 0.25) is 5.09 Å². The van der Waals surface area contributed by atoms with Gasteiger partial charge in [-0.15, -0.1) is 0 Å². The number of thioether (sulfide) groups is 1. The molecule has 0 saturated carbocycles. The lowest BCUT2D eigenvalue weighted by molar-refractivity contribution is -0.141. The Labute approximate surface area is 134 Å². The number of hydrogen-bond acceptors (Lipinski definition) is 5. The molecule has 2 aromatic heterocycles. The standard InChI is InChI=1S/C12H12F3N3O3S2/c13-12(14,15)10-7-8(16-17-10)9-1-2-11(21-9)23(19,20)18-3-5-22-6-4-18/h1-2,7H,3-6H2,(H,16,17). The number of rotatable bonds is 3. The Morgan fingerprint density at radius 3 is 2.57 bits per heavy atom. The molecule has 1 aliphatic heterocycles. The van der Waals surface area contributed by atoms with Crippen LogP contribution in [0.3, 0.4) is 0 Å². The van der Waals surface area contributed by atoms with Crippen molar-refractivity contribution in [2.75, 3.05) is 24.6 Å². The molecule has 1 saturated heterocycles. The molecule has 0 radical (unpaired) electrons. The van der Waals surface area contributed by atoms with Crippen molar-refractivity contribution in [3.05, 3.63) is 23.9 Å². The topological polar surface area (TPSA) is 79.2 Å². The van der Waals surface area contributed by atoms with E-state index in [2.05, 4.69) is 5.10 Å². The highest BCUT2D eigenvalue weighted by molar-refractivity contribution is 7.99. The number of nitrogens with zero attached hydrogens (tertiary/aromatic N) is 2. The minimum absolute atomic E-state index is 0.0401. The smallest absolute Gasteiger partial charge is 0.432 e. The van der Waals surface area contributed by atoms with Crippen LogP contribution in [0, 0.1) is 0 Å². The van der Waals surface area contributed by atoms with Gasteiger partial charge in [-0.25, -0.2) is 8.42 Å². The second-order valence-electron chi connectivity index (χ2n) is 4.80. The monoisotopic (exact) mass is 367 g/mol. The van der Waals surface area contributed by atoms with E-state index in [1.54, 1.807) is 11.8 Å². The zero-order valence-electron chi connectivity index (χ0n) is 11.6. The summed E-state index contributed by atoms with van der Waals surface area (Å²) in [5.41, 5.74) is -1.13. The van der Waals surface area contributed by atoms with Crippen LogP contribution >= 0.6 is 11.8 Å². The summed E-state index contributed by atoms with van der Waals surface area (Å²) < 4.78 is 69.0. The van der Waals surface area contributed by atoms with Gasteiger partial charge >= 0.3 is 6.18 Å². The molecular formula is C12H12F3N3O3S2. The third-order valence-electron chi connectivity index (χ3n) is 3.28. The average Bonchev–Trinajstić information content (AvgIpc) is 3.16. The highest BCUT2D eigenvalue weighted by Gasteiger charge is 2.34. The van der Waals surface area contributed by atoms with Crippen molar-refractivity contribution in [3.8, 4) is 11.5 Å². The van der Waals surface area contributed by atoms with E-state index in [-0.39, 0.29) is 16.5 Å². The third-order valence-corrected chi connectivity index (χ3v) is 6.00. The van der Waals surface area contributed by atoms with Gasteiger partial charge in [0.1, 0.15) is 11.4 Å². The lowest BCUT2D eigenvalue weighted by atomic mass is 10.3. The van der Waals surface area contributed by atoms with Crippen molar-refractivity contribution in [3.63, 3.8) is 0 Å². The van der Waals surface area contributed by atoms with E-state index in [1.165, 1.54) is 16.4 Å². The number of furan rings is 1. The fraction of sp³-hybridized carbons (Fsp3) is 0.417. The van der Waals surface area contributed by atoms with Gasteiger partial charge in [0, 0.05) is 24.6 Å². The summed E-state index contributed by atoms with van der Waals surface area (Å²) in [4.78, 5) is 0. The van der Waals surface area contributed by atoms with Crippen LogP contribution in [0.2, 0.25) is 0 Å². The largest absolute Gasteiger partial charge is 0.442 e. The van der Waals surface area contributed by atoms with Crippen LogP contribution in [0.15, 0.2) is 27.7 Å². The Balaban J connectivity index is 1.87. The van der Waals surface area contributed by atoms with Gasteiger partial charge in [-0.3, -0.25) is 5.10 Å². The zero-order valence-corrected chi connectivity index (χ0v) is 13.3. The van der Waals surface area contributed by atoms with Gasteiger partial charge in [-0.1, -0.05) is 0 Å². The van der Waals surface area contributed by atoms with Crippen LogP contribution in [-0.2, 0) is 16.2 Å². The van der Waals surface area contributed by atoms with Crippen molar-refractivity contribution >= 4 is 21.8 Å². The van der Waals surface area contributed by atoms with Crippen molar-refractivity contribution in [2.24, 2.45) is 0 Å². The summed E-state index contributed by atoms with van der Waals surface area (Å²) in [5, 5.41) is 5.07. The SMILES string of the molecule is O=S(=O)(c1ccc(-c2cc(C(F)(F)F)[nH]n2)o1)N1CCSCC1. The summed E-state index contributed by atoms with van der Waals surface area (Å²) in [6, 6.07) is 3.29. The molecule has 1 N–H and O–H groups in total. The van der Waals surface area contributed by atoms with Crippen LogP contribution in [0.1, 0.15) is 5.69 Å². The van der Waals surface area contributed by atoms with Gasteiger partial charge in [0.15, 0.2) is 5.76 Å². The molecule has 11 heteroatoms. The summed E-state index contributed by atoms with van der Waals surface area (Å²) >= 11 is 1.66. The quantitative estimate of drug-likeness (QED) is 0.901. The molecule has 1 aliphatic rings. The zero-order chi connectivity index (χ0) is 16.7. The molecular weight excluding hydrogens is 355 g/mol. The molecule has 1 fully saturated rings. The molecule has 3 rings (SSSR count). The van der Waals surface area contributed by atoms with Crippen LogP contribution in [-0.4, -0.2) is 47.5 Å². The van der Waals surface area contributed by atoms with Crippen molar-refractivity contribution < 1.29 is 26.0 Å². The molecule has 0 amide bonds. The van der Waals surface area contributed by atoms with E-state index in [4.69, 9.17) is 4.42 Å². The maximum absolute atomic E-state index is 12.5. The van der Waals surface area contributed by atoms with Gasteiger partial charge in [-0.2, -0.15) is 34.3 Å². The highest BCUT2D eigenvalue weighted by atomic mass is 32.2. The van der Waals surface area contributed by atoms with Crippen molar-refractivity contribution in [1.82, 2.24) is 14.5 Å². The van der Waals surface area contributed by atoms with Gasteiger partial charge in [-0.05, 0) is 18.2 Å². The number of alkyl halides is 3. The lowest BCUT2D eigenvalue weighted by Crippen LogP contribution is -2.37. The Bertz CT molecular complexity index is 792. The summed E-state index contributed by atoms with van der Waals surface area (Å²) in [6.45, 7) is 0.757. The van der Waals surface area contributed by atoms with E-state index in [0.29, 0.717) is 24.6 Å².